The van der Waals surface area contributed by atoms with Gasteiger partial charge in [0.25, 0.3) is 0 Å². The first-order valence-electron chi connectivity index (χ1n) is 14.8. The summed E-state index contributed by atoms with van der Waals surface area (Å²) in [5, 5.41) is 18.8. The van der Waals surface area contributed by atoms with Crippen molar-refractivity contribution in [2.24, 2.45) is 0 Å². The lowest BCUT2D eigenvalue weighted by molar-refractivity contribution is -0.313. The van der Waals surface area contributed by atoms with E-state index < -0.39 is 11.9 Å². The second-order valence-electron chi connectivity index (χ2n) is 10.8. The van der Waals surface area contributed by atoms with Gasteiger partial charge in [-0.15, -0.1) is 0 Å². The zero-order valence-electron chi connectivity index (χ0n) is 25.1. The Hall–Kier alpha value is -5.12. The molecule has 0 radical (unpaired) electrons. The van der Waals surface area contributed by atoms with Crippen LogP contribution in [0.4, 0.5) is 0 Å². The SMILES string of the molecule is O=C(O)c1cc(Cc2ccccc2)ccc1C(=O)OCc1ccc(COOCc2ccc(Cc3ccccc3)cc2COO)cc1. The van der Waals surface area contributed by atoms with Crippen molar-refractivity contribution < 1.29 is 39.4 Å². The maximum Gasteiger partial charge on any atom is 0.339 e. The van der Waals surface area contributed by atoms with Gasteiger partial charge in [-0.25, -0.2) is 24.3 Å². The molecule has 5 rings (SSSR count). The maximum atomic E-state index is 12.8. The number of carbonyl (C=O) groups excluding carboxylic acids is 1. The van der Waals surface area contributed by atoms with Crippen molar-refractivity contribution in [3.63, 3.8) is 0 Å². The van der Waals surface area contributed by atoms with Crippen LogP contribution in [0.5, 0.6) is 0 Å². The van der Waals surface area contributed by atoms with Crippen LogP contribution in [0.2, 0.25) is 0 Å². The predicted octanol–water partition coefficient (Wildman–Crippen LogP) is 7.56. The normalized spacial score (nSPS) is 10.9. The van der Waals surface area contributed by atoms with Gasteiger partial charge in [-0.05, 0) is 69.5 Å². The summed E-state index contributed by atoms with van der Waals surface area (Å²) in [6.45, 7) is 0.376. The molecular weight excluding hydrogens is 584 g/mol. The molecule has 5 aromatic carbocycles. The standard InChI is InChI=1S/C38H34O8/c39-37(40)36-22-32(20-28-9-5-2-6-10-28)16-18-35(36)38(41)43-23-29-11-13-30(14-12-29)24-45-46-26-33-17-15-31(21-34(33)25-44-42)19-27-7-3-1-4-8-27/h1-18,21-22,42H,19-20,23-26H2,(H,39,40). The molecule has 2 N–H and O–H groups in total. The molecule has 0 aliphatic rings. The fourth-order valence-electron chi connectivity index (χ4n) is 5.03. The van der Waals surface area contributed by atoms with Crippen LogP contribution in [0, 0.1) is 0 Å². The smallest absolute Gasteiger partial charge is 0.339 e. The number of carboxylic acids is 1. The quantitative estimate of drug-likeness (QED) is 0.0535. The molecule has 0 aliphatic heterocycles. The topological polar surface area (TPSA) is 112 Å². The molecule has 0 aliphatic carbocycles. The zero-order valence-corrected chi connectivity index (χ0v) is 25.1. The fourth-order valence-corrected chi connectivity index (χ4v) is 5.03. The molecule has 8 heteroatoms. The van der Waals surface area contributed by atoms with Gasteiger partial charge in [-0.3, -0.25) is 5.26 Å². The summed E-state index contributed by atoms with van der Waals surface area (Å²) < 4.78 is 5.44. The number of rotatable bonds is 15. The minimum Gasteiger partial charge on any atom is -0.478 e. The molecule has 0 spiro atoms. The van der Waals surface area contributed by atoms with Crippen molar-refractivity contribution in [1.82, 2.24) is 0 Å². The minimum absolute atomic E-state index is 0.00558. The number of ether oxygens (including phenoxy) is 1. The van der Waals surface area contributed by atoms with Crippen molar-refractivity contribution in [2.45, 2.75) is 39.3 Å². The molecule has 0 saturated carbocycles. The highest BCUT2D eigenvalue weighted by Crippen LogP contribution is 2.20. The van der Waals surface area contributed by atoms with E-state index in [0.717, 1.165) is 45.4 Å². The van der Waals surface area contributed by atoms with E-state index in [0.29, 0.717) is 6.42 Å². The number of carboxylic acid groups (broad SMARTS) is 1. The summed E-state index contributed by atoms with van der Waals surface area (Å²) in [4.78, 5) is 40.0. The van der Waals surface area contributed by atoms with E-state index in [4.69, 9.17) is 19.8 Å². The van der Waals surface area contributed by atoms with Crippen LogP contribution in [0.1, 0.15) is 65.2 Å². The first-order chi connectivity index (χ1) is 22.5. The van der Waals surface area contributed by atoms with Gasteiger partial charge < -0.3 is 9.84 Å². The van der Waals surface area contributed by atoms with Crippen LogP contribution in [0.3, 0.4) is 0 Å². The fraction of sp³-hybridized carbons (Fsp3) is 0.158. The number of hydrogen-bond donors (Lipinski definition) is 2. The summed E-state index contributed by atoms with van der Waals surface area (Å²) in [5.74, 6) is -1.89. The summed E-state index contributed by atoms with van der Waals surface area (Å²) in [7, 11) is 0. The predicted molar refractivity (Wildman–Crippen MR) is 171 cm³/mol. The van der Waals surface area contributed by atoms with E-state index >= 15 is 0 Å². The van der Waals surface area contributed by atoms with Crippen LogP contribution in [-0.4, -0.2) is 22.3 Å². The first-order valence-corrected chi connectivity index (χ1v) is 14.8. The van der Waals surface area contributed by atoms with Crippen LogP contribution in [-0.2, 0) is 58.7 Å². The molecule has 0 heterocycles. The maximum absolute atomic E-state index is 12.8. The van der Waals surface area contributed by atoms with E-state index in [9.17, 15) is 14.7 Å². The Kier molecular flexibility index (Phi) is 11.4. The third-order valence-corrected chi connectivity index (χ3v) is 7.44. The number of hydrogen-bond acceptors (Lipinski definition) is 7. The molecule has 0 amide bonds. The highest BCUT2D eigenvalue weighted by Gasteiger charge is 2.19. The number of aromatic carboxylic acids is 1. The van der Waals surface area contributed by atoms with Crippen LogP contribution >= 0.6 is 0 Å². The van der Waals surface area contributed by atoms with Gasteiger partial charge in [0.05, 0.1) is 11.1 Å². The van der Waals surface area contributed by atoms with Crippen molar-refractivity contribution in [2.75, 3.05) is 0 Å². The van der Waals surface area contributed by atoms with Gasteiger partial charge in [0.15, 0.2) is 0 Å². The summed E-state index contributed by atoms with van der Waals surface area (Å²) in [5.41, 5.74) is 7.24. The van der Waals surface area contributed by atoms with E-state index in [1.807, 2.05) is 78.9 Å². The van der Waals surface area contributed by atoms with Crippen molar-refractivity contribution >= 4 is 11.9 Å². The van der Waals surface area contributed by atoms with Gasteiger partial charge in [-0.1, -0.05) is 109 Å². The van der Waals surface area contributed by atoms with Crippen LogP contribution in [0.15, 0.2) is 121 Å². The van der Waals surface area contributed by atoms with Gasteiger partial charge in [0, 0.05) is 0 Å². The van der Waals surface area contributed by atoms with Gasteiger partial charge in [0.2, 0.25) is 0 Å². The molecule has 0 bridgehead atoms. The summed E-state index contributed by atoms with van der Waals surface area (Å²) in [6.07, 6.45) is 1.32. The Morgan fingerprint density at radius 1 is 0.500 bits per heavy atom. The van der Waals surface area contributed by atoms with Crippen LogP contribution < -0.4 is 0 Å². The van der Waals surface area contributed by atoms with Gasteiger partial charge >= 0.3 is 11.9 Å². The van der Waals surface area contributed by atoms with E-state index in [-0.39, 0.29) is 37.6 Å². The Bertz CT molecular complexity index is 1730. The average Bonchev–Trinajstić information content (AvgIpc) is 3.08. The van der Waals surface area contributed by atoms with Crippen molar-refractivity contribution in [3.05, 3.63) is 177 Å². The Labute approximate surface area is 267 Å². The Morgan fingerprint density at radius 2 is 1.04 bits per heavy atom. The van der Waals surface area contributed by atoms with E-state index in [1.54, 1.807) is 18.2 Å². The third kappa shape index (κ3) is 9.20. The van der Waals surface area contributed by atoms with Gasteiger partial charge in [0.1, 0.15) is 26.4 Å². The molecule has 0 saturated heterocycles. The zero-order chi connectivity index (χ0) is 32.1. The summed E-state index contributed by atoms with van der Waals surface area (Å²) >= 11 is 0. The number of benzene rings is 5. The monoisotopic (exact) mass is 618 g/mol. The molecule has 234 valence electrons. The molecule has 8 nitrogen and oxygen atoms in total. The van der Waals surface area contributed by atoms with E-state index in [1.165, 1.54) is 17.7 Å². The van der Waals surface area contributed by atoms with Crippen LogP contribution in [0.25, 0.3) is 0 Å². The summed E-state index contributed by atoms with van der Waals surface area (Å²) in [6, 6.07) is 37.8. The second-order valence-corrected chi connectivity index (χ2v) is 10.8. The highest BCUT2D eigenvalue weighted by molar-refractivity contribution is 6.02. The number of esters is 1. The second kappa shape index (κ2) is 16.3. The lowest BCUT2D eigenvalue weighted by Gasteiger charge is -2.12. The minimum atomic E-state index is -1.19. The molecule has 46 heavy (non-hydrogen) atoms. The van der Waals surface area contributed by atoms with Crippen molar-refractivity contribution in [3.8, 4) is 0 Å². The largest absolute Gasteiger partial charge is 0.478 e. The van der Waals surface area contributed by atoms with E-state index in [2.05, 4.69) is 17.0 Å². The molecule has 0 aromatic heterocycles. The lowest BCUT2D eigenvalue weighted by atomic mass is 9.99. The lowest BCUT2D eigenvalue weighted by Crippen LogP contribution is -2.12. The average molecular weight is 619 g/mol. The molecule has 0 fully saturated rings. The van der Waals surface area contributed by atoms with Gasteiger partial charge in [-0.2, -0.15) is 0 Å². The molecule has 0 atom stereocenters. The molecule has 0 unspecified atom stereocenters. The number of carbonyl (C=O) groups is 2. The molecular formula is C38H34O8. The van der Waals surface area contributed by atoms with Crippen molar-refractivity contribution in [1.29, 1.82) is 0 Å². The third-order valence-electron chi connectivity index (χ3n) is 7.44. The Morgan fingerprint density at radius 3 is 1.65 bits per heavy atom. The highest BCUT2D eigenvalue weighted by atomic mass is 17.2. The first kappa shape index (κ1) is 32.3. The molecule has 5 aromatic rings. The Balaban J connectivity index is 1.10.